The van der Waals surface area contributed by atoms with Crippen molar-refractivity contribution >= 4 is 5.91 Å². The summed E-state index contributed by atoms with van der Waals surface area (Å²) in [6, 6.07) is 15.6. The monoisotopic (exact) mass is 311 g/mol. The molecule has 2 aromatic rings. The number of nitrogens with zero attached hydrogens (tertiary/aromatic N) is 2. The van der Waals surface area contributed by atoms with Crippen molar-refractivity contribution in [2.45, 2.75) is 25.4 Å². The largest absolute Gasteiger partial charge is 0.618 e. The summed E-state index contributed by atoms with van der Waals surface area (Å²) < 4.78 is 0.606. The average molecular weight is 311 g/mol. The zero-order valence-corrected chi connectivity index (χ0v) is 13.2. The molecule has 0 aliphatic carbocycles. The van der Waals surface area contributed by atoms with Gasteiger partial charge in [0, 0.05) is 37.3 Å². The van der Waals surface area contributed by atoms with E-state index < -0.39 is 0 Å². The number of nitrogens with one attached hydrogen (secondary N) is 1. The van der Waals surface area contributed by atoms with Crippen LogP contribution in [0.5, 0.6) is 0 Å². The molecule has 1 aromatic carbocycles. The highest BCUT2D eigenvalue weighted by Gasteiger charge is 2.29. The molecule has 120 valence electrons. The van der Waals surface area contributed by atoms with E-state index in [0.717, 1.165) is 19.5 Å². The second kappa shape index (κ2) is 6.79. The lowest BCUT2D eigenvalue weighted by Gasteiger charge is -2.24. The van der Waals surface area contributed by atoms with Crippen LogP contribution >= 0.6 is 0 Å². The van der Waals surface area contributed by atoms with Gasteiger partial charge in [0.25, 0.3) is 5.69 Å². The summed E-state index contributed by atoms with van der Waals surface area (Å²) in [7, 11) is 0. The zero-order valence-electron chi connectivity index (χ0n) is 13.2. The van der Waals surface area contributed by atoms with Crippen LogP contribution in [0.15, 0.2) is 54.7 Å². The number of pyridine rings is 1. The Kier molecular flexibility index (Phi) is 4.57. The Morgan fingerprint density at radius 2 is 2.00 bits per heavy atom. The summed E-state index contributed by atoms with van der Waals surface area (Å²) >= 11 is 0. The van der Waals surface area contributed by atoms with Crippen LogP contribution in [0.4, 0.5) is 0 Å². The van der Waals surface area contributed by atoms with Crippen LogP contribution in [0.1, 0.15) is 35.4 Å². The zero-order chi connectivity index (χ0) is 16.2. The molecule has 23 heavy (non-hydrogen) atoms. The lowest BCUT2D eigenvalue weighted by molar-refractivity contribution is -0.607. The number of rotatable bonds is 4. The second-order valence-electron chi connectivity index (χ2n) is 5.95. The van der Waals surface area contributed by atoms with Gasteiger partial charge < -0.3 is 10.5 Å². The highest BCUT2D eigenvalue weighted by Crippen LogP contribution is 2.24. The fourth-order valence-corrected chi connectivity index (χ4v) is 3.06. The van der Waals surface area contributed by atoms with Crippen LogP contribution in [0, 0.1) is 5.21 Å². The van der Waals surface area contributed by atoms with Gasteiger partial charge in [0.05, 0.1) is 0 Å². The molecule has 1 amide bonds. The van der Waals surface area contributed by atoms with Gasteiger partial charge in [0.15, 0.2) is 6.20 Å². The van der Waals surface area contributed by atoms with Crippen molar-refractivity contribution in [3.63, 3.8) is 0 Å². The molecule has 0 radical (unpaired) electrons. The molecule has 1 N–H and O–H groups in total. The number of benzene rings is 1. The third-order valence-corrected chi connectivity index (χ3v) is 4.44. The lowest BCUT2D eigenvalue weighted by Crippen LogP contribution is -2.43. The van der Waals surface area contributed by atoms with Gasteiger partial charge in [0.1, 0.15) is 0 Å². The summed E-state index contributed by atoms with van der Waals surface area (Å²) in [5, 5.41) is 14.6. The van der Waals surface area contributed by atoms with E-state index in [1.54, 1.807) is 18.2 Å². The normalized spacial score (nSPS) is 19.4. The molecule has 2 atom stereocenters. The predicted octanol–water partition coefficient (Wildman–Crippen LogP) is 1.89. The average Bonchev–Trinajstić information content (AvgIpc) is 3.03. The Labute approximate surface area is 136 Å². The van der Waals surface area contributed by atoms with Gasteiger partial charge in [-0.1, -0.05) is 30.3 Å². The van der Waals surface area contributed by atoms with Crippen LogP contribution in [-0.2, 0) is 0 Å². The minimum atomic E-state index is -0.306. The van der Waals surface area contributed by atoms with Gasteiger partial charge in [0.2, 0.25) is 0 Å². The van der Waals surface area contributed by atoms with Crippen molar-refractivity contribution in [2.75, 3.05) is 13.1 Å². The quantitative estimate of drug-likeness (QED) is 0.693. The van der Waals surface area contributed by atoms with Crippen LogP contribution in [0.3, 0.4) is 0 Å². The molecule has 5 nitrogen and oxygen atoms in total. The maximum Gasteiger partial charge on any atom is 0.317 e. The first-order chi connectivity index (χ1) is 11.1. The predicted molar refractivity (Wildman–Crippen MR) is 87.7 cm³/mol. The summed E-state index contributed by atoms with van der Waals surface area (Å²) in [5.74, 6) is -0.306. The lowest BCUT2D eigenvalue weighted by atomic mass is 10.1. The number of carbonyl (C=O) groups is 1. The van der Waals surface area contributed by atoms with Crippen molar-refractivity contribution in [3.05, 3.63) is 71.2 Å². The van der Waals surface area contributed by atoms with Gasteiger partial charge >= 0.3 is 5.91 Å². The summed E-state index contributed by atoms with van der Waals surface area (Å²) in [5.41, 5.74) is 1.42. The van der Waals surface area contributed by atoms with Crippen molar-refractivity contribution in [1.82, 2.24) is 10.2 Å². The van der Waals surface area contributed by atoms with E-state index in [1.165, 1.54) is 11.8 Å². The molecule has 1 aliphatic rings. The molecule has 3 rings (SSSR count). The van der Waals surface area contributed by atoms with Crippen LogP contribution < -0.4 is 10.0 Å². The number of aromatic nitrogens is 1. The van der Waals surface area contributed by atoms with E-state index in [4.69, 9.17) is 0 Å². The van der Waals surface area contributed by atoms with E-state index in [2.05, 4.69) is 29.3 Å². The van der Waals surface area contributed by atoms with Crippen molar-refractivity contribution < 1.29 is 9.52 Å². The van der Waals surface area contributed by atoms with Crippen LogP contribution in [-0.4, -0.2) is 29.9 Å². The molecule has 1 aliphatic heterocycles. The van der Waals surface area contributed by atoms with Crippen molar-refractivity contribution in [3.8, 4) is 0 Å². The Balaban J connectivity index is 1.60. The molecule has 1 aromatic heterocycles. The minimum Gasteiger partial charge on any atom is -0.618 e. The molecule has 0 spiro atoms. The molecule has 2 heterocycles. The van der Waals surface area contributed by atoms with Crippen LogP contribution in [0.2, 0.25) is 0 Å². The minimum absolute atomic E-state index is 0.0777. The van der Waals surface area contributed by atoms with E-state index >= 15 is 0 Å². The Hall–Kier alpha value is -2.40. The fraction of sp³-hybridized carbons (Fsp3) is 0.333. The first-order valence-electron chi connectivity index (χ1n) is 7.93. The van der Waals surface area contributed by atoms with Gasteiger partial charge in [-0.15, -0.1) is 0 Å². The SMILES string of the molecule is CC(c1ccccc1)N1CCC(NC(=O)c2cccc[n+]2[O-])C1. The third-order valence-electron chi connectivity index (χ3n) is 4.44. The van der Waals surface area contributed by atoms with Gasteiger partial charge in [-0.2, -0.15) is 4.73 Å². The van der Waals surface area contributed by atoms with E-state index in [1.807, 2.05) is 18.2 Å². The third kappa shape index (κ3) is 3.51. The van der Waals surface area contributed by atoms with E-state index in [9.17, 15) is 10.0 Å². The molecule has 1 fully saturated rings. The van der Waals surface area contributed by atoms with Crippen molar-refractivity contribution in [1.29, 1.82) is 0 Å². The Morgan fingerprint density at radius 1 is 1.26 bits per heavy atom. The van der Waals surface area contributed by atoms with Crippen LogP contribution in [0.25, 0.3) is 0 Å². The van der Waals surface area contributed by atoms with Gasteiger partial charge in [-0.3, -0.25) is 9.69 Å². The molecular weight excluding hydrogens is 290 g/mol. The first kappa shape index (κ1) is 15.5. The molecule has 0 saturated carbocycles. The maximum atomic E-state index is 12.2. The fourth-order valence-electron chi connectivity index (χ4n) is 3.06. The van der Waals surface area contributed by atoms with E-state index in [0.29, 0.717) is 10.8 Å². The van der Waals surface area contributed by atoms with E-state index in [-0.39, 0.29) is 17.6 Å². The molecule has 5 heteroatoms. The number of hydrogen-bond donors (Lipinski definition) is 1. The summed E-state index contributed by atoms with van der Waals surface area (Å²) in [6.07, 6.45) is 2.24. The second-order valence-corrected chi connectivity index (χ2v) is 5.95. The molecule has 0 bridgehead atoms. The highest BCUT2D eigenvalue weighted by molar-refractivity contribution is 5.91. The Morgan fingerprint density at radius 3 is 2.74 bits per heavy atom. The number of amides is 1. The maximum absolute atomic E-state index is 12.2. The number of likely N-dealkylation sites (tertiary alicyclic amines) is 1. The smallest absolute Gasteiger partial charge is 0.317 e. The first-order valence-corrected chi connectivity index (χ1v) is 7.93. The standard InChI is InChI=1S/C18H21N3O2/c1-14(15-7-3-2-4-8-15)20-12-10-16(13-20)19-18(22)17-9-5-6-11-21(17)23/h2-9,11,14,16H,10,12-13H2,1H3,(H,19,22). The number of hydrogen-bond acceptors (Lipinski definition) is 3. The Bertz CT molecular complexity index is 675. The summed E-state index contributed by atoms with van der Waals surface area (Å²) in [4.78, 5) is 14.6. The topological polar surface area (TPSA) is 59.3 Å². The molecule has 2 unspecified atom stereocenters. The highest BCUT2D eigenvalue weighted by atomic mass is 16.5. The van der Waals surface area contributed by atoms with Crippen molar-refractivity contribution in [2.24, 2.45) is 0 Å². The molecular formula is C18H21N3O2. The van der Waals surface area contributed by atoms with Gasteiger partial charge in [-0.25, -0.2) is 0 Å². The number of carbonyl (C=O) groups excluding carboxylic acids is 1. The summed E-state index contributed by atoms with van der Waals surface area (Å²) in [6.45, 7) is 3.92. The molecule has 1 saturated heterocycles. The van der Waals surface area contributed by atoms with Gasteiger partial charge in [-0.05, 0) is 25.0 Å².